The van der Waals surface area contributed by atoms with Gasteiger partial charge in [0.1, 0.15) is 0 Å². The summed E-state index contributed by atoms with van der Waals surface area (Å²) >= 11 is 0. The Morgan fingerprint density at radius 2 is 2.22 bits per heavy atom. The van der Waals surface area contributed by atoms with Crippen molar-refractivity contribution >= 4 is 5.91 Å². The predicted molar refractivity (Wildman–Crippen MR) is 91.6 cm³/mol. The van der Waals surface area contributed by atoms with Gasteiger partial charge in [-0.2, -0.15) is 0 Å². The molecule has 2 fully saturated rings. The van der Waals surface area contributed by atoms with Crippen molar-refractivity contribution in [2.45, 2.75) is 58.8 Å². The van der Waals surface area contributed by atoms with Crippen LogP contribution in [0.25, 0.3) is 0 Å². The normalized spacial score (nSPS) is 37.4. The molecule has 0 aromatic carbocycles. The molecule has 2 aliphatic carbocycles. The first-order chi connectivity index (χ1) is 10.9. The third-order valence-electron chi connectivity index (χ3n) is 6.88. The molecule has 0 saturated heterocycles. The zero-order valence-corrected chi connectivity index (χ0v) is 14.4. The van der Waals surface area contributed by atoms with E-state index in [0.717, 1.165) is 38.5 Å². The highest BCUT2D eigenvalue weighted by molar-refractivity contribution is 5.81. The highest BCUT2D eigenvalue weighted by Crippen LogP contribution is 2.61. The Morgan fingerprint density at radius 1 is 1.43 bits per heavy atom. The van der Waals surface area contributed by atoms with Crippen molar-refractivity contribution in [3.8, 4) is 0 Å². The number of fused-ring (bicyclic) bond motifs is 1. The molecule has 0 unspecified atom stereocenters. The van der Waals surface area contributed by atoms with Crippen LogP contribution >= 0.6 is 0 Å². The zero-order chi connectivity index (χ0) is 16.7. The van der Waals surface area contributed by atoms with Crippen molar-refractivity contribution in [1.82, 2.24) is 0 Å². The zero-order valence-electron chi connectivity index (χ0n) is 14.4. The van der Waals surface area contributed by atoms with Crippen LogP contribution in [0, 0.1) is 22.7 Å². The molecule has 126 valence electrons. The maximum atomic E-state index is 12.2. The van der Waals surface area contributed by atoms with Crippen LogP contribution < -0.4 is 5.73 Å². The number of furan rings is 1. The monoisotopic (exact) mass is 315 g/mol. The standard InChI is InChI=1S/C20H29NO2/c1-14-5-8-17-19(2,10-4-11-20(17,3)18(21)22)16(14)7-6-15-9-12-23-13-15/h9,12-13,16-17H,1,4-8,10-11H2,2-3H3,(H2,21,22)/t16-,17+,19+,20-/m0/s1. The SMILES string of the molecule is C=C1CC[C@@H]2[C@](C)(CCC[C@]2(C)C(N)=O)[C@H]1CCc1ccoc1. The lowest BCUT2D eigenvalue weighted by Gasteiger charge is -2.57. The van der Waals surface area contributed by atoms with Gasteiger partial charge in [0.25, 0.3) is 0 Å². The molecule has 1 aromatic heterocycles. The molecule has 0 radical (unpaired) electrons. The van der Waals surface area contributed by atoms with Gasteiger partial charge in [0.15, 0.2) is 0 Å². The van der Waals surface area contributed by atoms with E-state index in [9.17, 15) is 4.79 Å². The highest BCUT2D eigenvalue weighted by Gasteiger charge is 2.56. The minimum atomic E-state index is -0.360. The lowest BCUT2D eigenvalue weighted by atomic mass is 9.46. The number of amides is 1. The minimum absolute atomic E-state index is 0.116. The largest absolute Gasteiger partial charge is 0.472 e. The number of nitrogens with two attached hydrogens (primary N) is 1. The second-order valence-corrected chi connectivity index (χ2v) is 8.11. The van der Waals surface area contributed by atoms with Gasteiger partial charge in [0, 0.05) is 5.41 Å². The lowest BCUT2D eigenvalue weighted by molar-refractivity contribution is -0.142. The van der Waals surface area contributed by atoms with E-state index in [2.05, 4.69) is 20.4 Å². The molecular weight excluding hydrogens is 286 g/mol. The fourth-order valence-electron chi connectivity index (χ4n) is 5.52. The molecule has 1 heterocycles. The van der Waals surface area contributed by atoms with Gasteiger partial charge in [-0.1, -0.05) is 32.4 Å². The fourth-order valence-corrected chi connectivity index (χ4v) is 5.52. The average Bonchev–Trinajstić information content (AvgIpc) is 2.99. The molecular formula is C20H29NO2. The summed E-state index contributed by atoms with van der Waals surface area (Å²) in [5.41, 5.74) is 8.21. The van der Waals surface area contributed by atoms with Gasteiger partial charge in [-0.25, -0.2) is 0 Å². The Kier molecular flexibility index (Phi) is 4.16. The first-order valence-electron chi connectivity index (χ1n) is 8.86. The first kappa shape index (κ1) is 16.4. The van der Waals surface area contributed by atoms with Crippen LogP contribution in [-0.2, 0) is 11.2 Å². The summed E-state index contributed by atoms with van der Waals surface area (Å²) in [7, 11) is 0. The Labute approximate surface area is 139 Å². The molecule has 3 rings (SSSR count). The Balaban J connectivity index is 1.86. The molecule has 0 bridgehead atoms. The number of rotatable bonds is 4. The van der Waals surface area contributed by atoms with Gasteiger partial charge in [0.2, 0.25) is 5.91 Å². The molecule has 4 atom stereocenters. The van der Waals surface area contributed by atoms with Gasteiger partial charge in [-0.05, 0) is 67.4 Å². The summed E-state index contributed by atoms with van der Waals surface area (Å²) in [6.45, 7) is 8.86. The summed E-state index contributed by atoms with van der Waals surface area (Å²) in [6.07, 6.45) is 10.9. The molecule has 3 heteroatoms. The van der Waals surface area contributed by atoms with Crippen molar-refractivity contribution in [2.24, 2.45) is 28.4 Å². The summed E-state index contributed by atoms with van der Waals surface area (Å²) in [6, 6.07) is 2.04. The lowest BCUT2D eigenvalue weighted by Crippen LogP contribution is -2.55. The van der Waals surface area contributed by atoms with Gasteiger partial charge in [0.05, 0.1) is 12.5 Å². The Bertz CT molecular complexity index is 591. The Morgan fingerprint density at radius 3 is 2.87 bits per heavy atom. The quantitative estimate of drug-likeness (QED) is 0.833. The number of hydrogen-bond donors (Lipinski definition) is 1. The van der Waals surface area contributed by atoms with Crippen LogP contribution in [0.2, 0.25) is 0 Å². The van der Waals surface area contributed by atoms with E-state index in [-0.39, 0.29) is 16.7 Å². The number of aryl methyl sites for hydroxylation is 1. The van der Waals surface area contributed by atoms with Crippen LogP contribution in [0.3, 0.4) is 0 Å². The van der Waals surface area contributed by atoms with Crippen molar-refractivity contribution in [2.75, 3.05) is 0 Å². The topological polar surface area (TPSA) is 56.2 Å². The van der Waals surface area contributed by atoms with E-state index < -0.39 is 0 Å². The molecule has 2 aliphatic rings. The maximum absolute atomic E-state index is 12.2. The molecule has 2 N–H and O–H groups in total. The van der Waals surface area contributed by atoms with Crippen molar-refractivity contribution in [3.63, 3.8) is 0 Å². The molecule has 0 aliphatic heterocycles. The van der Waals surface area contributed by atoms with Gasteiger partial charge >= 0.3 is 0 Å². The van der Waals surface area contributed by atoms with E-state index in [0.29, 0.717) is 11.8 Å². The Hall–Kier alpha value is -1.51. The molecule has 1 amide bonds. The third kappa shape index (κ3) is 2.64. The number of hydrogen-bond acceptors (Lipinski definition) is 2. The van der Waals surface area contributed by atoms with E-state index in [1.165, 1.54) is 17.6 Å². The first-order valence-corrected chi connectivity index (χ1v) is 8.86. The number of allylic oxidation sites excluding steroid dienone is 1. The average molecular weight is 315 g/mol. The van der Waals surface area contributed by atoms with E-state index >= 15 is 0 Å². The summed E-state index contributed by atoms with van der Waals surface area (Å²) in [5.74, 6) is 0.728. The van der Waals surface area contributed by atoms with Crippen LogP contribution in [0.1, 0.15) is 57.9 Å². The van der Waals surface area contributed by atoms with Gasteiger partial charge in [-0.15, -0.1) is 0 Å². The van der Waals surface area contributed by atoms with Crippen molar-refractivity contribution in [1.29, 1.82) is 0 Å². The molecule has 23 heavy (non-hydrogen) atoms. The summed E-state index contributed by atoms with van der Waals surface area (Å²) in [4.78, 5) is 12.2. The smallest absolute Gasteiger partial charge is 0.223 e. The maximum Gasteiger partial charge on any atom is 0.223 e. The third-order valence-corrected chi connectivity index (χ3v) is 6.88. The second kappa shape index (κ2) is 5.85. The van der Waals surface area contributed by atoms with Crippen LogP contribution in [0.5, 0.6) is 0 Å². The number of carbonyl (C=O) groups is 1. The van der Waals surface area contributed by atoms with E-state index in [1.54, 1.807) is 6.26 Å². The van der Waals surface area contributed by atoms with Crippen LogP contribution in [-0.4, -0.2) is 5.91 Å². The van der Waals surface area contributed by atoms with E-state index in [4.69, 9.17) is 10.2 Å². The highest BCUT2D eigenvalue weighted by atomic mass is 16.3. The van der Waals surface area contributed by atoms with Crippen LogP contribution in [0.4, 0.5) is 0 Å². The number of carbonyl (C=O) groups excluding carboxylic acids is 1. The molecule has 2 saturated carbocycles. The number of primary amides is 1. The molecule has 1 aromatic rings. The van der Waals surface area contributed by atoms with Crippen LogP contribution in [0.15, 0.2) is 35.2 Å². The van der Waals surface area contributed by atoms with Gasteiger partial charge < -0.3 is 10.2 Å². The fraction of sp³-hybridized carbons (Fsp3) is 0.650. The molecule has 0 spiro atoms. The molecule has 3 nitrogen and oxygen atoms in total. The van der Waals surface area contributed by atoms with Crippen molar-refractivity contribution < 1.29 is 9.21 Å². The summed E-state index contributed by atoms with van der Waals surface area (Å²) in [5, 5.41) is 0. The minimum Gasteiger partial charge on any atom is -0.472 e. The van der Waals surface area contributed by atoms with Crippen molar-refractivity contribution in [3.05, 3.63) is 36.3 Å². The second-order valence-electron chi connectivity index (χ2n) is 8.11. The predicted octanol–water partition coefficient (Wildman–Crippen LogP) is 4.48. The van der Waals surface area contributed by atoms with E-state index in [1.807, 2.05) is 12.3 Å². The van der Waals surface area contributed by atoms with Gasteiger partial charge in [-0.3, -0.25) is 4.79 Å². The summed E-state index contributed by atoms with van der Waals surface area (Å²) < 4.78 is 5.19.